The highest BCUT2D eigenvalue weighted by Gasteiger charge is 2.27. The minimum absolute atomic E-state index is 0.104. The van der Waals surface area contributed by atoms with E-state index in [1.54, 1.807) is 35.2 Å². The zero-order valence-electron chi connectivity index (χ0n) is 18.3. The Kier molecular flexibility index (Phi) is 7.00. The number of hydrogen-bond donors (Lipinski definition) is 1. The Morgan fingerprint density at radius 1 is 1.00 bits per heavy atom. The average molecular weight is 471 g/mol. The average Bonchev–Trinajstić information content (AvgIpc) is 3.36. The van der Waals surface area contributed by atoms with Gasteiger partial charge in [0.1, 0.15) is 23.5 Å². The summed E-state index contributed by atoms with van der Waals surface area (Å²) in [6.45, 7) is 3.46. The van der Waals surface area contributed by atoms with E-state index in [9.17, 15) is 13.2 Å². The van der Waals surface area contributed by atoms with Crippen LogP contribution in [0, 0.1) is 0 Å². The van der Waals surface area contributed by atoms with Crippen LogP contribution in [0.3, 0.4) is 0 Å². The van der Waals surface area contributed by atoms with E-state index in [0.717, 1.165) is 5.75 Å². The normalized spacial score (nSPS) is 14.8. The molecule has 1 amide bonds. The third kappa shape index (κ3) is 5.74. The maximum Gasteiger partial charge on any atom is 0.257 e. The van der Waals surface area contributed by atoms with Crippen LogP contribution in [0.4, 0.5) is 0 Å². The first kappa shape index (κ1) is 22.9. The smallest absolute Gasteiger partial charge is 0.257 e. The van der Waals surface area contributed by atoms with Crippen LogP contribution in [-0.2, 0) is 10.0 Å². The van der Waals surface area contributed by atoms with Crippen molar-refractivity contribution in [1.29, 1.82) is 0 Å². The number of furan rings is 1. The lowest BCUT2D eigenvalue weighted by atomic mass is 10.1. The minimum atomic E-state index is -3.68. The van der Waals surface area contributed by atoms with Crippen molar-refractivity contribution in [2.45, 2.75) is 30.7 Å². The molecule has 1 fully saturated rings. The molecule has 0 saturated carbocycles. The molecular formula is C24H26N2O6S. The molecule has 0 aliphatic carbocycles. The maximum atomic E-state index is 12.8. The number of piperidine rings is 1. The Bertz CT molecular complexity index is 1150. The molecule has 33 heavy (non-hydrogen) atoms. The fourth-order valence-electron chi connectivity index (χ4n) is 3.65. The van der Waals surface area contributed by atoms with E-state index in [1.807, 2.05) is 19.1 Å². The summed E-state index contributed by atoms with van der Waals surface area (Å²) in [6, 6.07) is 14.9. The van der Waals surface area contributed by atoms with Crippen LogP contribution >= 0.6 is 0 Å². The van der Waals surface area contributed by atoms with Crippen LogP contribution in [0.25, 0.3) is 0 Å². The molecule has 1 N–H and O–H groups in total. The maximum absolute atomic E-state index is 12.8. The summed E-state index contributed by atoms with van der Waals surface area (Å²) >= 11 is 0. The monoisotopic (exact) mass is 470 g/mol. The number of carbonyl (C=O) groups is 1. The molecular weight excluding hydrogens is 444 g/mol. The Morgan fingerprint density at radius 3 is 2.18 bits per heavy atom. The molecule has 0 atom stereocenters. The van der Waals surface area contributed by atoms with Gasteiger partial charge in [0, 0.05) is 19.1 Å². The lowest BCUT2D eigenvalue weighted by Crippen LogP contribution is -2.46. The van der Waals surface area contributed by atoms with Crippen molar-refractivity contribution in [1.82, 2.24) is 9.62 Å². The molecule has 2 heterocycles. The lowest BCUT2D eigenvalue weighted by Gasteiger charge is -2.32. The number of ether oxygens (including phenoxy) is 2. The quantitative estimate of drug-likeness (QED) is 0.533. The van der Waals surface area contributed by atoms with Crippen molar-refractivity contribution in [3.05, 3.63) is 72.7 Å². The van der Waals surface area contributed by atoms with Crippen molar-refractivity contribution in [2.75, 3.05) is 19.7 Å². The Morgan fingerprint density at radius 2 is 1.61 bits per heavy atom. The second-order valence-corrected chi connectivity index (χ2v) is 9.39. The molecule has 1 saturated heterocycles. The van der Waals surface area contributed by atoms with Gasteiger partial charge in [-0.05, 0) is 74.4 Å². The van der Waals surface area contributed by atoms with Gasteiger partial charge in [-0.2, -0.15) is 0 Å². The molecule has 9 heteroatoms. The molecule has 0 spiro atoms. The number of nitrogens with one attached hydrogen (secondary N) is 1. The van der Waals surface area contributed by atoms with Crippen LogP contribution in [-0.4, -0.2) is 45.0 Å². The Labute approximate surface area is 193 Å². The molecule has 2 aromatic carbocycles. The third-order valence-corrected chi connectivity index (χ3v) is 6.91. The summed E-state index contributed by atoms with van der Waals surface area (Å²) in [6.07, 6.45) is 3.96. The van der Waals surface area contributed by atoms with Gasteiger partial charge in [-0.1, -0.05) is 0 Å². The summed E-state index contributed by atoms with van der Waals surface area (Å²) < 4.78 is 44.5. The van der Waals surface area contributed by atoms with Crippen molar-refractivity contribution in [3.63, 3.8) is 0 Å². The number of likely N-dealkylation sites (tertiary alicyclic amines) is 1. The molecule has 8 nitrogen and oxygen atoms in total. The largest absolute Gasteiger partial charge is 0.494 e. The van der Waals surface area contributed by atoms with E-state index in [0.29, 0.717) is 49.6 Å². The van der Waals surface area contributed by atoms with Crippen LogP contribution in [0.2, 0.25) is 0 Å². The zero-order valence-corrected chi connectivity index (χ0v) is 19.1. The number of sulfonamides is 1. The molecule has 1 aromatic heterocycles. The Hall–Kier alpha value is -3.30. The van der Waals surface area contributed by atoms with Gasteiger partial charge >= 0.3 is 0 Å². The number of rotatable bonds is 8. The number of amides is 1. The van der Waals surface area contributed by atoms with E-state index in [-0.39, 0.29) is 16.8 Å². The van der Waals surface area contributed by atoms with Gasteiger partial charge in [0.15, 0.2) is 0 Å². The van der Waals surface area contributed by atoms with E-state index in [2.05, 4.69) is 4.72 Å². The number of hydrogen-bond acceptors (Lipinski definition) is 6. The SMILES string of the molecule is CCOc1ccc(Oc2ccc(S(=O)(=O)NC3CCN(C(=O)c4ccoc4)CC3)cc2)cc1. The standard InChI is InChI=1S/C24H26N2O6S/c1-2-31-20-3-5-21(6-4-20)32-22-7-9-23(10-8-22)33(28,29)25-19-11-14-26(15-12-19)24(27)18-13-16-30-17-18/h3-10,13,16-17,19,25H,2,11-12,14-15H2,1H3. The molecule has 0 unspecified atom stereocenters. The van der Waals surface area contributed by atoms with E-state index < -0.39 is 10.0 Å². The predicted octanol–water partition coefficient (Wildman–Crippen LogP) is 4.05. The van der Waals surface area contributed by atoms with Gasteiger partial charge in [-0.3, -0.25) is 4.79 Å². The van der Waals surface area contributed by atoms with Crippen molar-refractivity contribution in [3.8, 4) is 17.2 Å². The highest BCUT2D eigenvalue weighted by molar-refractivity contribution is 7.89. The van der Waals surface area contributed by atoms with Crippen LogP contribution in [0.5, 0.6) is 17.2 Å². The fourth-order valence-corrected chi connectivity index (χ4v) is 4.96. The van der Waals surface area contributed by atoms with Gasteiger partial charge in [0.25, 0.3) is 5.91 Å². The molecule has 174 valence electrons. The van der Waals surface area contributed by atoms with Gasteiger partial charge in [0.2, 0.25) is 10.0 Å². The minimum Gasteiger partial charge on any atom is -0.494 e. The van der Waals surface area contributed by atoms with Gasteiger partial charge < -0.3 is 18.8 Å². The lowest BCUT2D eigenvalue weighted by molar-refractivity contribution is 0.0710. The summed E-state index contributed by atoms with van der Waals surface area (Å²) in [5.74, 6) is 1.82. The van der Waals surface area contributed by atoms with E-state index in [4.69, 9.17) is 13.9 Å². The van der Waals surface area contributed by atoms with Gasteiger partial charge in [-0.25, -0.2) is 13.1 Å². The molecule has 1 aliphatic heterocycles. The van der Waals surface area contributed by atoms with Crippen LogP contribution in [0.1, 0.15) is 30.1 Å². The summed E-state index contributed by atoms with van der Waals surface area (Å²) in [5.41, 5.74) is 0.501. The number of carbonyl (C=O) groups excluding carboxylic acids is 1. The summed E-state index contributed by atoms with van der Waals surface area (Å²) in [5, 5.41) is 0. The van der Waals surface area contributed by atoms with Gasteiger partial charge in [-0.15, -0.1) is 0 Å². The number of benzene rings is 2. The Balaban J connectivity index is 1.31. The molecule has 0 radical (unpaired) electrons. The summed E-state index contributed by atoms with van der Waals surface area (Å²) in [4.78, 5) is 14.3. The molecule has 0 bridgehead atoms. The summed E-state index contributed by atoms with van der Waals surface area (Å²) in [7, 11) is -3.68. The van der Waals surface area contributed by atoms with E-state index in [1.165, 1.54) is 24.7 Å². The van der Waals surface area contributed by atoms with Crippen LogP contribution in [0.15, 0.2) is 76.4 Å². The second-order valence-electron chi connectivity index (χ2n) is 7.68. The fraction of sp³-hybridized carbons (Fsp3) is 0.292. The van der Waals surface area contributed by atoms with Crippen LogP contribution < -0.4 is 14.2 Å². The molecule has 1 aliphatic rings. The first-order valence-corrected chi connectivity index (χ1v) is 12.3. The topological polar surface area (TPSA) is 98.1 Å². The van der Waals surface area contributed by atoms with Crippen molar-refractivity contribution in [2.24, 2.45) is 0 Å². The highest BCUT2D eigenvalue weighted by atomic mass is 32.2. The van der Waals surface area contributed by atoms with E-state index >= 15 is 0 Å². The molecule has 4 rings (SSSR count). The number of nitrogens with zero attached hydrogens (tertiary/aromatic N) is 1. The second kappa shape index (κ2) is 10.1. The van der Waals surface area contributed by atoms with Crippen molar-refractivity contribution < 1.29 is 27.1 Å². The zero-order chi connectivity index (χ0) is 23.3. The predicted molar refractivity (Wildman–Crippen MR) is 122 cm³/mol. The first-order chi connectivity index (χ1) is 15.9. The van der Waals surface area contributed by atoms with Gasteiger partial charge in [0.05, 0.1) is 23.3 Å². The first-order valence-electron chi connectivity index (χ1n) is 10.8. The highest BCUT2D eigenvalue weighted by Crippen LogP contribution is 2.25. The van der Waals surface area contributed by atoms with Crippen molar-refractivity contribution >= 4 is 15.9 Å². The molecule has 3 aromatic rings. The third-order valence-electron chi connectivity index (χ3n) is 5.38.